The van der Waals surface area contributed by atoms with Crippen LogP contribution in [0.25, 0.3) is 0 Å². The molecular formula is C13H12ClFN2O. The zero-order valence-corrected chi connectivity index (χ0v) is 10.5. The zero-order valence-electron chi connectivity index (χ0n) is 9.78. The lowest BCUT2D eigenvalue weighted by Crippen LogP contribution is -2.00. The summed E-state index contributed by atoms with van der Waals surface area (Å²) in [4.78, 5) is 3.78. The summed E-state index contributed by atoms with van der Waals surface area (Å²) in [6.07, 6.45) is 2.79. The molecule has 0 saturated heterocycles. The fourth-order valence-electron chi connectivity index (χ4n) is 1.53. The van der Waals surface area contributed by atoms with Crippen molar-refractivity contribution >= 4 is 17.3 Å². The van der Waals surface area contributed by atoms with E-state index < -0.39 is 0 Å². The summed E-state index contributed by atoms with van der Waals surface area (Å²) in [5.41, 5.74) is 1.60. The Morgan fingerprint density at radius 2 is 2.17 bits per heavy atom. The smallest absolute Gasteiger partial charge is 0.141 e. The molecule has 2 aromatic rings. The first-order valence-corrected chi connectivity index (χ1v) is 5.73. The molecule has 18 heavy (non-hydrogen) atoms. The lowest BCUT2D eigenvalue weighted by molar-refractivity contribution is 0.415. The van der Waals surface area contributed by atoms with E-state index in [1.807, 2.05) is 6.07 Å². The third-order valence-corrected chi connectivity index (χ3v) is 2.71. The van der Waals surface area contributed by atoms with Gasteiger partial charge in [0.1, 0.15) is 11.6 Å². The second-order valence-corrected chi connectivity index (χ2v) is 4.12. The average Bonchev–Trinajstić information content (AvgIpc) is 2.37. The highest BCUT2D eigenvalue weighted by Crippen LogP contribution is 2.27. The van der Waals surface area contributed by atoms with Crippen molar-refractivity contribution in [1.82, 2.24) is 4.98 Å². The molecule has 0 amide bonds. The van der Waals surface area contributed by atoms with Crippen LogP contribution in [0.1, 0.15) is 5.56 Å². The molecule has 0 saturated carbocycles. The van der Waals surface area contributed by atoms with Gasteiger partial charge in [0.25, 0.3) is 0 Å². The van der Waals surface area contributed by atoms with Gasteiger partial charge in [0.15, 0.2) is 0 Å². The summed E-state index contributed by atoms with van der Waals surface area (Å²) in [5.74, 6) is 0.275. The summed E-state index contributed by atoms with van der Waals surface area (Å²) in [6.45, 7) is 0.480. The van der Waals surface area contributed by atoms with Gasteiger partial charge in [-0.05, 0) is 29.8 Å². The van der Waals surface area contributed by atoms with Crippen molar-refractivity contribution in [1.29, 1.82) is 0 Å². The molecule has 5 heteroatoms. The predicted molar refractivity (Wildman–Crippen MR) is 69.5 cm³/mol. The Morgan fingerprint density at radius 3 is 2.83 bits per heavy atom. The number of ether oxygens (including phenoxy) is 1. The Morgan fingerprint density at radius 1 is 1.33 bits per heavy atom. The third kappa shape index (κ3) is 3.11. The van der Waals surface area contributed by atoms with Gasteiger partial charge >= 0.3 is 0 Å². The van der Waals surface area contributed by atoms with Crippen LogP contribution in [0, 0.1) is 5.82 Å². The first kappa shape index (κ1) is 12.6. The first-order chi connectivity index (χ1) is 8.69. The molecule has 1 N–H and O–H groups in total. The molecule has 0 aliphatic rings. The molecule has 2 rings (SSSR count). The number of rotatable bonds is 4. The lowest BCUT2D eigenvalue weighted by atomic mass is 10.2. The van der Waals surface area contributed by atoms with Crippen molar-refractivity contribution in [3.05, 3.63) is 53.1 Å². The molecule has 0 unspecified atom stereocenters. The van der Waals surface area contributed by atoms with Crippen LogP contribution in [0.15, 0.2) is 36.7 Å². The predicted octanol–water partition coefficient (Wildman–Crippen LogP) is 3.49. The third-order valence-electron chi connectivity index (χ3n) is 2.41. The highest BCUT2D eigenvalue weighted by atomic mass is 35.5. The molecule has 94 valence electrons. The summed E-state index contributed by atoms with van der Waals surface area (Å²) in [7, 11) is 1.56. The number of aromatic nitrogens is 1. The SMILES string of the molecule is COc1ccc(NCc2cncc(F)c2)cc1Cl. The molecule has 3 nitrogen and oxygen atoms in total. The minimum Gasteiger partial charge on any atom is -0.495 e. The molecule has 0 fully saturated rings. The molecule has 0 spiro atoms. The van der Waals surface area contributed by atoms with Crippen molar-refractivity contribution in [2.75, 3.05) is 12.4 Å². The summed E-state index contributed by atoms with van der Waals surface area (Å²) in [5, 5.41) is 3.66. The Balaban J connectivity index is 2.04. The van der Waals surface area contributed by atoms with Gasteiger partial charge in [-0.15, -0.1) is 0 Å². The summed E-state index contributed by atoms with van der Waals surface area (Å²) >= 11 is 6.00. The molecule has 0 radical (unpaired) electrons. The van der Waals surface area contributed by atoms with Gasteiger partial charge in [0.05, 0.1) is 18.3 Å². The standard InChI is InChI=1S/C13H12ClFN2O/c1-18-13-3-2-11(5-12(13)14)17-7-9-4-10(15)8-16-6-9/h2-6,8,17H,7H2,1H3. The number of pyridine rings is 1. The lowest BCUT2D eigenvalue weighted by Gasteiger charge is -2.08. The Labute approximate surface area is 110 Å². The van der Waals surface area contributed by atoms with Crippen LogP contribution in [-0.2, 0) is 6.54 Å². The van der Waals surface area contributed by atoms with E-state index in [1.165, 1.54) is 12.3 Å². The second kappa shape index (κ2) is 5.69. The van der Waals surface area contributed by atoms with Gasteiger partial charge in [-0.3, -0.25) is 4.98 Å². The highest BCUT2D eigenvalue weighted by molar-refractivity contribution is 6.32. The van der Waals surface area contributed by atoms with Crippen LogP contribution in [0.4, 0.5) is 10.1 Å². The van der Waals surface area contributed by atoms with E-state index >= 15 is 0 Å². The number of halogens is 2. The van der Waals surface area contributed by atoms with Gasteiger partial charge in [-0.1, -0.05) is 11.6 Å². The van der Waals surface area contributed by atoms with Gasteiger partial charge in [0.2, 0.25) is 0 Å². The molecule has 1 aromatic carbocycles. The maximum Gasteiger partial charge on any atom is 0.141 e. The molecular weight excluding hydrogens is 255 g/mol. The maximum atomic E-state index is 12.9. The minimum atomic E-state index is -0.345. The summed E-state index contributed by atoms with van der Waals surface area (Å²) < 4.78 is 18.0. The largest absolute Gasteiger partial charge is 0.495 e. The van der Waals surface area contributed by atoms with Crippen molar-refractivity contribution < 1.29 is 9.13 Å². The van der Waals surface area contributed by atoms with Crippen LogP contribution >= 0.6 is 11.6 Å². The molecule has 0 aliphatic heterocycles. The van der Waals surface area contributed by atoms with Crippen LogP contribution < -0.4 is 10.1 Å². The van der Waals surface area contributed by atoms with E-state index in [1.54, 1.807) is 25.4 Å². The number of methoxy groups -OCH3 is 1. The van der Waals surface area contributed by atoms with E-state index in [9.17, 15) is 4.39 Å². The van der Waals surface area contributed by atoms with Gasteiger partial charge in [0, 0.05) is 18.4 Å². The minimum absolute atomic E-state index is 0.345. The molecule has 1 heterocycles. The number of nitrogens with one attached hydrogen (secondary N) is 1. The number of hydrogen-bond donors (Lipinski definition) is 1. The van der Waals surface area contributed by atoms with E-state index in [0.717, 1.165) is 11.3 Å². The van der Waals surface area contributed by atoms with Crippen molar-refractivity contribution in [3.63, 3.8) is 0 Å². The first-order valence-electron chi connectivity index (χ1n) is 5.36. The van der Waals surface area contributed by atoms with E-state index in [-0.39, 0.29) is 5.82 Å². The Kier molecular flexibility index (Phi) is 3.99. The summed E-state index contributed by atoms with van der Waals surface area (Å²) in [6, 6.07) is 6.81. The Hall–Kier alpha value is -1.81. The van der Waals surface area contributed by atoms with Crippen molar-refractivity contribution in [2.24, 2.45) is 0 Å². The number of hydrogen-bond acceptors (Lipinski definition) is 3. The fraction of sp³-hybridized carbons (Fsp3) is 0.154. The topological polar surface area (TPSA) is 34.1 Å². The highest BCUT2D eigenvalue weighted by Gasteiger charge is 2.02. The molecule has 1 aromatic heterocycles. The Bertz CT molecular complexity index is 548. The van der Waals surface area contributed by atoms with Gasteiger partial charge in [-0.25, -0.2) is 4.39 Å². The number of nitrogens with zero attached hydrogens (tertiary/aromatic N) is 1. The van der Waals surface area contributed by atoms with Gasteiger partial charge < -0.3 is 10.1 Å². The van der Waals surface area contributed by atoms with E-state index in [4.69, 9.17) is 16.3 Å². The normalized spacial score (nSPS) is 10.2. The van der Waals surface area contributed by atoms with Crippen LogP contribution in [0.2, 0.25) is 5.02 Å². The zero-order chi connectivity index (χ0) is 13.0. The monoisotopic (exact) mass is 266 g/mol. The van der Waals surface area contributed by atoms with Crippen LogP contribution in [0.5, 0.6) is 5.75 Å². The molecule has 0 atom stereocenters. The van der Waals surface area contributed by atoms with Crippen LogP contribution in [-0.4, -0.2) is 12.1 Å². The van der Waals surface area contributed by atoms with E-state index in [2.05, 4.69) is 10.3 Å². The van der Waals surface area contributed by atoms with Crippen molar-refractivity contribution in [2.45, 2.75) is 6.54 Å². The maximum absolute atomic E-state index is 12.9. The number of anilines is 1. The van der Waals surface area contributed by atoms with Gasteiger partial charge in [-0.2, -0.15) is 0 Å². The van der Waals surface area contributed by atoms with E-state index in [0.29, 0.717) is 17.3 Å². The fourth-order valence-corrected chi connectivity index (χ4v) is 1.79. The van der Waals surface area contributed by atoms with Crippen LogP contribution in [0.3, 0.4) is 0 Å². The molecule has 0 bridgehead atoms. The van der Waals surface area contributed by atoms with Crippen molar-refractivity contribution in [3.8, 4) is 5.75 Å². The quantitative estimate of drug-likeness (QED) is 0.920. The molecule has 0 aliphatic carbocycles. The number of benzene rings is 1. The second-order valence-electron chi connectivity index (χ2n) is 3.71. The average molecular weight is 267 g/mol.